The molecule has 1 saturated heterocycles. The topological polar surface area (TPSA) is 31.1 Å². The first kappa shape index (κ1) is 11.3. The van der Waals surface area contributed by atoms with E-state index in [0.717, 1.165) is 24.1 Å². The molecule has 1 aromatic heterocycles. The Bertz CT molecular complexity index is 534. The molecule has 2 aromatic rings. The number of H-pyrrole nitrogens is 1. The molecule has 0 amide bonds. The maximum Gasteiger partial charge on any atom is 0.0470 e. The normalized spacial score (nSPS) is 22.1. The number of hydrogen-bond donors (Lipinski definition) is 2. The molecule has 1 aliphatic heterocycles. The van der Waals surface area contributed by atoms with Crippen LogP contribution in [-0.2, 0) is 0 Å². The molecule has 0 bridgehead atoms. The summed E-state index contributed by atoms with van der Waals surface area (Å²) in [5, 5.41) is 4.90. The first-order valence-corrected chi connectivity index (χ1v) is 6.72. The van der Waals surface area contributed by atoms with Gasteiger partial charge in [-0.2, -0.15) is 0 Å². The van der Waals surface area contributed by atoms with E-state index in [1.807, 2.05) is 0 Å². The lowest BCUT2D eigenvalue weighted by Crippen LogP contribution is -2.43. The van der Waals surface area contributed by atoms with Crippen molar-refractivity contribution in [2.45, 2.75) is 6.04 Å². The van der Waals surface area contributed by atoms with Crippen LogP contribution in [0, 0.1) is 0 Å². The van der Waals surface area contributed by atoms with Crippen LogP contribution in [0.1, 0.15) is 11.6 Å². The standard InChI is InChI=1S/C13H16BrN3/c1-17-5-4-15-13(8-17)11-7-16-12-3-2-9(14)6-10(11)12/h2-3,6-7,13,15-16H,4-5,8H2,1H3. The third-order valence-corrected chi connectivity index (χ3v) is 3.92. The molecule has 2 heterocycles. The Labute approximate surface area is 109 Å². The van der Waals surface area contributed by atoms with Crippen LogP contribution >= 0.6 is 15.9 Å². The van der Waals surface area contributed by atoms with E-state index < -0.39 is 0 Å². The number of rotatable bonds is 1. The maximum atomic E-state index is 3.59. The zero-order chi connectivity index (χ0) is 11.8. The molecule has 0 radical (unpaired) electrons. The highest BCUT2D eigenvalue weighted by atomic mass is 79.9. The van der Waals surface area contributed by atoms with Gasteiger partial charge in [0.2, 0.25) is 0 Å². The summed E-state index contributed by atoms with van der Waals surface area (Å²) in [6, 6.07) is 6.81. The van der Waals surface area contributed by atoms with Crippen LogP contribution in [0.4, 0.5) is 0 Å². The number of nitrogens with one attached hydrogen (secondary N) is 2. The van der Waals surface area contributed by atoms with E-state index in [9.17, 15) is 0 Å². The first-order valence-electron chi connectivity index (χ1n) is 5.92. The summed E-state index contributed by atoms with van der Waals surface area (Å²) >= 11 is 3.54. The summed E-state index contributed by atoms with van der Waals surface area (Å²) < 4.78 is 1.13. The monoisotopic (exact) mass is 293 g/mol. The van der Waals surface area contributed by atoms with Crippen molar-refractivity contribution in [3.63, 3.8) is 0 Å². The number of hydrogen-bond acceptors (Lipinski definition) is 2. The summed E-state index contributed by atoms with van der Waals surface area (Å²) in [5.41, 5.74) is 2.58. The van der Waals surface area contributed by atoms with Crippen molar-refractivity contribution < 1.29 is 0 Å². The number of piperazine rings is 1. The van der Waals surface area contributed by atoms with E-state index in [1.54, 1.807) is 0 Å². The summed E-state index contributed by atoms with van der Waals surface area (Å²) in [6.07, 6.45) is 2.13. The van der Waals surface area contributed by atoms with Gasteiger partial charge in [-0.3, -0.25) is 0 Å². The fourth-order valence-electron chi connectivity index (χ4n) is 2.51. The zero-order valence-electron chi connectivity index (χ0n) is 9.83. The molecule has 0 aliphatic carbocycles. The summed E-state index contributed by atoms with van der Waals surface area (Å²) in [6.45, 7) is 3.25. The largest absolute Gasteiger partial charge is 0.361 e. The van der Waals surface area contributed by atoms with E-state index in [-0.39, 0.29) is 0 Å². The van der Waals surface area contributed by atoms with Gasteiger partial charge in [0.05, 0.1) is 0 Å². The van der Waals surface area contributed by atoms with Gasteiger partial charge in [-0.1, -0.05) is 15.9 Å². The predicted molar refractivity (Wildman–Crippen MR) is 74.2 cm³/mol. The number of aromatic nitrogens is 1. The van der Waals surface area contributed by atoms with E-state index in [2.05, 4.69) is 62.6 Å². The molecule has 90 valence electrons. The Morgan fingerprint density at radius 1 is 1.41 bits per heavy atom. The SMILES string of the molecule is CN1CCNC(c2c[nH]c3ccc(Br)cc23)C1. The Hall–Kier alpha value is -0.840. The lowest BCUT2D eigenvalue weighted by Gasteiger charge is -2.30. The van der Waals surface area contributed by atoms with Crippen molar-refractivity contribution >= 4 is 26.8 Å². The van der Waals surface area contributed by atoms with Crippen molar-refractivity contribution in [2.75, 3.05) is 26.7 Å². The van der Waals surface area contributed by atoms with Gasteiger partial charge in [0, 0.05) is 47.2 Å². The number of likely N-dealkylation sites (N-methyl/N-ethyl adjacent to an activating group) is 1. The second-order valence-electron chi connectivity index (χ2n) is 4.70. The molecule has 1 fully saturated rings. The van der Waals surface area contributed by atoms with Crippen molar-refractivity contribution in [2.24, 2.45) is 0 Å². The second kappa shape index (κ2) is 4.44. The van der Waals surface area contributed by atoms with Crippen molar-refractivity contribution in [1.29, 1.82) is 0 Å². The highest BCUT2D eigenvalue weighted by molar-refractivity contribution is 9.10. The maximum absolute atomic E-state index is 3.59. The smallest absolute Gasteiger partial charge is 0.0470 e. The van der Waals surface area contributed by atoms with Gasteiger partial charge in [0.1, 0.15) is 0 Å². The molecule has 1 aliphatic rings. The average molecular weight is 294 g/mol. The minimum absolute atomic E-state index is 0.428. The fraction of sp³-hybridized carbons (Fsp3) is 0.385. The third kappa shape index (κ3) is 2.12. The third-order valence-electron chi connectivity index (χ3n) is 3.43. The summed E-state index contributed by atoms with van der Waals surface area (Å²) in [4.78, 5) is 5.72. The molecule has 0 spiro atoms. The molecule has 3 rings (SSSR count). The molecule has 17 heavy (non-hydrogen) atoms. The zero-order valence-corrected chi connectivity index (χ0v) is 11.4. The molecule has 1 aromatic carbocycles. The van der Waals surface area contributed by atoms with Crippen molar-refractivity contribution in [3.05, 3.63) is 34.4 Å². The highest BCUT2D eigenvalue weighted by Gasteiger charge is 2.20. The quantitative estimate of drug-likeness (QED) is 0.846. The highest BCUT2D eigenvalue weighted by Crippen LogP contribution is 2.28. The van der Waals surface area contributed by atoms with Crippen LogP contribution in [0.3, 0.4) is 0 Å². The Kier molecular flexibility index (Phi) is 2.94. The lowest BCUT2D eigenvalue weighted by atomic mass is 10.0. The molecule has 2 N–H and O–H groups in total. The molecule has 3 nitrogen and oxygen atoms in total. The summed E-state index contributed by atoms with van der Waals surface area (Å²) in [5.74, 6) is 0. The molecular weight excluding hydrogens is 278 g/mol. The van der Waals surface area contributed by atoms with Gasteiger partial charge >= 0.3 is 0 Å². The van der Waals surface area contributed by atoms with Crippen LogP contribution in [0.2, 0.25) is 0 Å². The van der Waals surface area contributed by atoms with E-state index in [1.165, 1.54) is 16.5 Å². The molecule has 0 saturated carbocycles. The van der Waals surface area contributed by atoms with Gasteiger partial charge in [0.15, 0.2) is 0 Å². The number of fused-ring (bicyclic) bond motifs is 1. The van der Waals surface area contributed by atoms with Crippen molar-refractivity contribution in [3.8, 4) is 0 Å². The molecular formula is C13H16BrN3. The molecule has 1 atom stereocenters. The van der Waals surface area contributed by atoms with Crippen LogP contribution in [-0.4, -0.2) is 36.6 Å². The van der Waals surface area contributed by atoms with Gasteiger partial charge in [-0.25, -0.2) is 0 Å². The second-order valence-corrected chi connectivity index (χ2v) is 5.62. The minimum atomic E-state index is 0.428. The van der Waals surface area contributed by atoms with Crippen LogP contribution in [0.15, 0.2) is 28.9 Å². The number of nitrogens with zero attached hydrogens (tertiary/aromatic N) is 1. The lowest BCUT2D eigenvalue weighted by molar-refractivity contribution is 0.241. The van der Waals surface area contributed by atoms with Gasteiger partial charge in [0.25, 0.3) is 0 Å². The minimum Gasteiger partial charge on any atom is -0.361 e. The van der Waals surface area contributed by atoms with E-state index in [4.69, 9.17) is 0 Å². The molecule has 4 heteroatoms. The van der Waals surface area contributed by atoms with Gasteiger partial charge in [-0.05, 0) is 30.8 Å². The van der Waals surface area contributed by atoms with Crippen LogP contribution in [0.25, 0.3) is 10.9 Å². The van der Waals surface area contributed by atoms with Gasteiger partial charge < -0.3 is 15.2 Å². The number of halogens is 1. The van der Waals surface area contributed by atoms with Crippen molar-refractivity contribution in [1.82, 2.24) is 15.2 Å². The molecule has 1 unspecified atom stereocenters. The first-order chi connectivity index (χ1) is 8.24. The Morgan fingerprint density at radius 2 is 2.29 bits per heavy atom. The Morgan fingerprint density at radius 3 is 3.12 bits per heavy atom. The van der Waals surface area contributed by atoms with Crippen LogP contribution in [0.5, 0.6) is 0 Å². The Balaban J connectivity index is 2.01. The van der Waals surface area contributed by atoms with E-state index in [0.29, 0.717) is 6.04 Å². The van der Waals surface area contributed by atoms with E-state index >= 15 is 0 Å². The summed E-state index contributed by atoms with van der Waals surface area (Å²) in [7, 11) is 2.18. The van der Waals surface area contributed by atoms with Gasteiger partial charge in [-0.15, -0.1) is 0 Å². The number of aromatic amines is 1. The average Bonchev–Trinajstić information content (AvgIpc) is 2.71. The predicted octanol–water partition coefficient (Wildman–Crippen LogP) is 2.51. The number of benzene rings is 1. The fourth-order valence-corrected chi connectivity index (χ4v) is 2.87. The van der Waals surface area contributed by atoms with Crippen LogP contribution < -0.4 is 5.32 Å².